The lowest BCUT2D eigenvalue weighted by molar-refractivity contribution is -0.145. The van der Waals surface area contributed by atoms with Crippen LogP contribution >= 0.6 is 11.3 Å². The van der Waals surface area contributed by atoms with Crippen molar-refractivity contribution >= 4 is 33.2 Å². The number of phenols is 1. The van der Waals surface area contributed by atoms with Crippen LogP contribution < -0.4 is 9.47 Å². The van der Waals surface area contributed by atoms with Crippen LogP contribution in [0.5, 0.6) is 23.0 Å². The molecule has 0 unspecified atom stereocenters. The predicted octanol–water partition coefficient (Wildman–Crippen LogP) is 6.83. The first-order valence-corrected chi connectivity index (χ1v) is 15.0. The Morgan fingerprint density at radius 1 is 0.930 bits per heavy atom. The molecule has 43 heavy (non-hydrogen) atoms. The van der Waals surface area contributed by atoms with E-state index in [-0.39, 0.29) is 29.7 Å². The lowest BCUT2D eigenvalue weighted by atomic mass is 10.1. The van der Waals surface area contributed by atoms with Crippen LogP contribution in [0.3, 0.4) is 0 Å². The predicted molar refractivity (Wildman–Crippen MR) is 164 cm³/mol. The van der Waals surface area contributed by atoms with Crippen molar-refractivity contribution in [2.45, 2.75) is 26.2 Å². The molecule has 0 saturated heterocycles. The van der Waals surface area contributed by atoms with E-state index in [1.54, 1.807) is 30.3 Å². The van der Waals surface area contributed by atoms with Crippen LogP contribution in [-0.4, -0.2) is 68.3 Å². The maximum atomic E-state index is 13.8. The van der Waals surface area contributed by atoms with Gasteiger partial charge in [0.05, 0.1) is 7.11 Å². The highest BCUT2D eigenvalue weighted by Gasteiger charge is 2.22. The number of aromatic hydroxyl groups is 1. The molecule has 0 aliphatic carbocycles. The number of unbranched alkanes of at least 4 members (excludes halogenated alkanes) is 2. The zero-order valence-corrected chi connectivity index (χ0v) is 25.2. The van der Waals surface area contributed by atoms with E-state index in [2.05, 4.69) is 16.6 Å². The molecule has 1 N–H and O–H groups in total. The first-order chi connectivity index (χ1) is 20.9. The van der Waals surface area contributed by atoms with Gasteiger partial charge in [-0.25, -0.2) is 9.18 Å². The van der Waals surface area contributed by atoms with Gasteiger partial charge in [0, 0.05) is 28.8 Å². The van der Waals surface area contributed by atoms with E-state index in [0.29, 0.717) is 45.4 Å². The SMILES string of the molecule is CCN(CCCCCOCC(=O)OC)CCOc1ccc(Oc2c(C(=O)c3cccc(F)c3)sc3cc(O)ccc23)cc1. The second-order valence-electron chi connectivity index (χ2n) is 9.83. The molecule has 0 saturated carbocycles. The number of halogens is 1. The molecule has 0 aliphatic heterocycles. The maximum Gasteiger partial charge on any atom is 0.331 e. The van der Waals surface area contributed by atoms with Crippen LogP contribution in [0.4, 0.5) is 4.39 Å². The van der Waals surface area contributed by atoms with Crippen LogP contribution in [0, 0.1) is 5.82 Å². The van der Waals surface area contributed by atoms with Crippen molar-refractivity contribution in [3.63, 3.8) is 0 Å². The van der Waals surface area contributed by atoms with E-state index in [0.717, 1.165) is 38.9 Å². The number of carbonyl (C=O) groups is 2. The molecular weight excluding hydrogens is 573 g/mol. The Labute approximate surface area is 254 Å². The third-order valence-corrected chi connectivity index (χ3v) is 7.93. The molecule has 4 aromatic rings. The van der Waals surface area contributed by atoms with E-state index >= 15 is 0 Å². The summed E-state index contributed by atoms with van der Waals surface area (Å²) >= 11 is 1.19. The minimum Gasteiger partial charge on any atom is -0.508 e. The van der Waals surface area contributed by atoms with Gasteiger partial charge in [-0.05, 0) is 86.9 Å². The lowest BCUT2D eigenvalue weighted by Gasteiger charge is -2.20. The monoisotopic (exact) mass is 609 g/mol. The van der Waals surface area contributed by atoms with Crippen LogP contribution in [0.2, 0.25) is 0 Å². The molecule has 0 bridgehead atoms. The van der Waals surface area contributed by atoms with Gasteiger partial charge in [0.2, 0.25) is 5.78 Å². The van der Waals surface area contributed by atoms with Crippen LogP contribution in [0.1, 0.15) is 41.4 Å². The van der Waals surface area contributed by atoms with Gasteiger partial charge < -0.3 is 29.0 Å². The first kappa shape index (κ1) is 31.9. The van der Waals surface area contributed by atoms with Crippen LogP contribution in [0.15, 0.2) is 66.7 Å². The van der Waals surface area contributed by atoms with E-state index in [1.807, 2.05) is 12.1 Å². The number of benzene rings is 3. The largest absolute Gasteiger partial charge is 0.508 e. The highest BCUT2D eigenvalue weighted by atomic mass is 32.1. The van der Waals surface area contributed by atoms with Crippen molar-refractivity contribution in [3.05, 3.63) is 83.0 Å². The van der Waals surface area contributed by atoms with Crippen molar-refractivity contribution in [2.75, 3.05) is 46.6 Å². The summed E-state index contributed by atoms with van der Waals surface area (Å²) in [6.45, 7) is 5.84. The molecule has 10 heteroatoms. The Balaban J connectivity index is 1.31. The summed E-state index contributed by atoms with van der Waals surface area (Å²) in [6, 6.07) is 17.5. The molecule has 1 aromatic heterocycles. The fraction of sp³-hybridized carbons (Fsp3) is 0.333. The molecule has 0 aliphatic rings. The Kier molecular flexibility index (Phi) is 11.9. The quantitative estimate of drug-likeness (QED) is 0.0791. The topological polar surface area (TPSA) is 94.5 Å². The zero-order valence-electron chi connectivity index (χ0n) is 24.3. The van der Waals surface area contributed by atoms with Gasteiger partial charge in [0.25, 0.3) is 0 Å². The molecule has 0 amide bonds. The van der Waals surface area contributed by atoms with E-state index in [1.165, 1.54) is 42.7 Å². The zero-order chi connectivity index (χ0) is 30.6. The number of hydrogen-bond donors (Lipinski definition) is 1. The number of likely N-dealkylation sites (N-methyl/N-ethyl adjacent to an activating group) is 1. The number of rotatable bonds is 17. The number of phenolic OH excluding ortho intramolecular Hbond substituents is 1. The number of nitrogens with zero attached hydrogens (tertiary/aromatic N) is 1. The summed E-state index contributed by atoms with van der Waals surface area (Å²) in [7, 11) is 1.35. The number of ether oxygens (including phenoxy) is 4. The Hall–Kier alpha value is -3.99. The number of hydrogen-bond acceptors (Lipinski definition) is 9. The smallest absolute Gasteiger partial charge is 0.331 e. The second-order valence-corrected chi connectivity index (χ2v) is 10.9. The Bertz CT molecular complexity index is 1510. The standard InChI is InChI=1S/C33H36FNO7S/c1-3-35(16-5-4-6-18-40-22-30(37)39-2)17-19-41-26-11-13-27(14-12-26)42-32-28-15-10-25(36)21-29(28)43-33(32)31(38)23-8-7-9-24(34)20-23/h7-15,20-21,36H,3-6,16-19,22H2,1-2H3. The molecule has 0 radical (unpaired) electrons. The molecule has 0 fully saturated rings. The molecule has 3 aromatic carbocycles. The molecular formula is C33H36FNO7S. The number of esters is 1. The Morgan fingerprint density at radius 2 is 1.72 bits per heavy atom. The van der Waals surface area contributed by atoms with Gasteiger partial charge in [0.1, 0.15) is 41.2 Å². The summed E-state index contributed by atoms with van der Waals surface area (Å²) in [5.41, 5.74) is 0.218. The molecule has 1 heterocycles. The van der Waals surface area contributed by atoms with Crippen molar-refractivity contribution in [2.24, 2.45) is 0 Å². The number of carbonyl (C=O) groups excluding carboxylic acids is 2. The fourth-order valence-electron chi connectivity index (χ4n) is 4.45. The molecule has 0 atom stereocenters. The van der Waals surface area contributed by atoms with E-state index < -0.39 is 5.82 Å². The number of thiophene rings is 1. The maximum absolute atomic E-state index is 13.8. The molecule has 4 rings (SSSR count). The highest BCUT2D eigenvalue weighted by Crippen LogP contribution is 2.42. The van der Waals surface area contributed by atoms with Crippen molar-refractivity contribution in [1.82, 2.24) is 4.90 Å². The van der Waals surface area contributed by atoms with Crippen LogP contribution in [0.25, 0.3) is 10.1 Å². The first-order valence-electron chi connectivity index (χ1n) is 14.2. The van der Waals surface area contributed by atoms with Crippen molar-refractivity contribution < 1.29 is 38.0 Å². The van der Waals surface area contributed by atoms with Gasteiger partial charge in [-0.15, -0.1) is 11.3 Å². The number of ketones is 1. The van der Waals surface area contributed by atoms with Gasteiger partial charge in [0.15, 0.2) is 5.75 Å². The van der Waals surface area contributed by atoms with E-state index in [9.17, 15) is 19.1 Å². The second kappa shape index (κ2) is 16.0. The van der Waals surface area contributed by atoms with Gasteiger partial charge in [-0.3, -0.25) is 4.79 Å². The summed E-state index contributed by atoms with van der Waals surface area (Å²) in [5.74, 6) is 0.431. The van der Waals surface area contributed by atoms with Crippen molar-refractivity contribution in [3.8, 4) is 23.0 Å². The van der Waals surface area contributed by atoms with Gasteiger partial charge in [-0.2, -0.15) is 0 Å². The van der Waals surface area contributed by atoms with Gasteiger partial charge >= 0.3 is 5.97 Å². The van der Waals surface area contributed by atoms with Crippen LogP contribution in [-0.2, 0) is 14.3 Å². The third kappa shape index (κ3) is 9.25. The summed E-state index contributed by atoms with van der Waals surface area (Å²) in [6.07, 6.45) is 2.93. The third-order valence-electron chi connectivity index (χ3n) is 6.80. The minimum absolute atomic E-state index is 0.00438. The summed E-state index contributed by atoms with van der Waals surface area (Å²) < 4.78 is 36.5. The summed E-state index contributed by atoms with van der Waals surface area (Å²) in [4.78, 5) is 27.0. The summed E-state index contributed by atoms with van der Waals surface area (Å²) in [5, 5.41) is 10.6. The average molecular weight is 610 g/mol. The average Bonchev–Trinajstić information content (AvgIpc) is 3.36. The number of fused-ring (bicyclic) bond motifs is 1. The molecule has 8 nitrogen and oxygen atoms in total. The lowest BCUT2D eigenvalue weighted by Crippen LogP contribution is -2.29. The minimum atomic E-state index is -0.496. The van der Waals surface area contributed by atoms with Crippen molar-refractivity contribution in [1.29, 1.82) is 0 Å². The molecule has 0 spiro atoms. The molecule has 228 valence electrons. The van der Waals surface area contributed by atoms with Gasteiger partial charge in [-0.1, -0.05) is 19.1 Å². The normalized spacial score (nSPS) is 11.2. The fourth-order valence-corrected chi connectivity index (χ4v) is 5.57. The highest BCUT2D eigenvalue weighted by molar-refractivity contribution is 7.21. The Morgan fingerprint density at radius 3 is 2.47 bits per heavy atom. The van der Waals surface area contributed by atoms with E-state index in [4.69, 9.17) is 14.2 Å². The number of methoxy groups -OCH3 is 1.